The first-order valence-electron chi connectivity index (χ1n) is 8.14. The van der Waals surface area contributed by atoms with Crippen molar-refractivity contribution in [1.82, 2.24) is 9.80 Å². The minimum Gasteiger partial charge on any atom is -0.340 e. The molecule has 2 amide bonds. The zero-order valence-electron chi connectivity index (χ0n) is 13.3. The second kappa shape index (κ2) is 6.89. The molecule has 1 aliphatic carbocycles. The van der Waals surface area contributed by atoms with Crippen molar-refractivity contribution in [3.8, 4) is 0 Å². The predicted molar refractivity (Wildman–Crippen MR) is 90.4 cm³/mol. The summed E-state index contributed by atoms with van der Waals surface area (Å²) in [5.74, 6) is 0.532. The van der Waals surface area contributed by atoms with Gasteiger partial charge in [-0.15, -0.1) is 0 Å². The number of piperazine rings is 1. The maximum Gasteiger partial charge on any atom is 0.241 e. The van der Waals surface area contributed by atoms with Crippen LogP contribution in [-0.2, 0) is 9.59 Å². The Kier molecular flexibility index (Phi) is 4.87. The van der Waals surface area contributed by atoms with Gasteiger partial charge in [-0.1, -0.05) is 11.6 Å². The maximum atomic E-state index is 12.4. The second-order valence-corrected chi connectivity index (χ2v) is 6.74. The van der Waals surface area contributed by atoms with E-state index in [0.717, 1.165) is 31.6 Å². The number of nitrogens with zero attached hydrogens (tertiary/aromatic N) is 2. The van der Waals surface area contributed by atoms with Crippen LogP contribution in [0.5, 0.6) is 0 Å². The summed E-state index contributed by atoms with van der Waals surface area (Å²) in [4.78, 5) is 28.5. The van der Waals surface area contributed by atoms with E-state index >= 15 is 0 Å². The van der Waals surface area contributed by atoms with E-state index in [1.807, 2.05) is 11.8 Å². The largest absolute Gasteiger partial charge is 0.340 e. The number of halogens is 1. The number of nitrogens with one attached hydrogen (secondary N) is 1. The third kappa shape index (κ3) is 4.03. The van der Waals surface area contributed by atoms with Gasteiger partial charge in [0.05, 0.1) is 6.04 Å². The van der Waals surface area contributed by atoms with Gasteiger partial charge in [0.15, 0.2) is 0 Å². The monoisotopic (exact) mass is 335 g/mol. The van der Waals surface area contributed by atoms with Gasteiger partial charge in [0.2, 0.25) is 11.8 Å². The first-order chi connectivity index (χ1) is 11.0. The highest BCUT2D eigenvalue weighted by Crippen LogP contribution is 2.31. The van der Waals surface area contributed by atoms with E-state index in [1.54, 1.807) is 24.3 Å². The molecule has 1 N–H and O–H groups in total. The third-order valence-electron chi connectivity index (χ3n) is 4.59. The summed E-state index contributed by atoms with van der Waals surface area (Å²) in [5.41, 5.74) is 0.744. The molecular weight excluding hydrogens is 314 g/mol. The summed E-state index contributed by atoms with van der Waals surface area (Å²) in [7, 11) is 0. The number of rotatable bonds is 4. The molecule has 0 bridgehead atoms. The highest BCUT2D eigenvalue weighted by molar-refractivity contribution is 6.30. The SMILES string of the molecule is CC(C(=O)Nc1ccc(Cl)cc1)N1CCN(C(=O)C2CC2)CC1. The zero-order valence-corrected chi connectivity index (χ0v) is 14.1. The van der Waals surface area contributed by atoms with Crippen LogP contribution in [0.25, 0.3) is 0 Å². The average Bonchev–Trinajstić information content (AvgIpc) is 3.41. The van der Waals surface area contributed by atoms with Gasteiger partial charge in [-0.05, 0) is 44.0 Å². The lowest BCUT2D eigenvalue weighted by atomic mass is 10.2. The highest BCUT2D eigenvalue weighted by Gasteiger charge is 2.35. The number of benzene rings is 1. The molecule has 1 unspecified atom stereocenters. The third-order valence-corrected chi connectivity index (χ3v) is 4.84. The molecule has 2 aliphatic rings. The second-order valence-electron chi connectivity index (χ2n) is 6.31. The van der Waals surface area contributed by atoms with Gasteiger partial charge in [0.1, 0.15) is 0 Å². The number of amides is 2. The van der Waals surface area contributed by atoms with Gasteiger partial charge >= 0.3 is 0 Å². The van der Waals surface area contributed by atoms with E-state index in [9.17, 15) is 9.59 Å². The van der Waals surface area contributed by atoms with Gasteiger partial charge < -0.3 is 10.2 Å². The van der Waals surface area contributed by atoms with E-state index in [4.69, 9.17) is 11.6 Å². The van der Waals surface area contributed by atoms with E-state index in [1.165, 1.54) is 0 Å². The molecule has 1 heterocycles. The van der Waals surface area contributed by atoms with Gasteiger partial charge in [-0.2, -0.15) is 0 Å². The summed E-state index contributed by atoms with van der Waals surface area (Å²) in [6, 6.07) is 6.87. The molecule has 0 aromatic heterocycles. The van der Waals surface area contributed by atoms with Crippen molar-refractivity contribution in [2.75, 3.05) is 31.5 Å². The van der Waals surface area contributed by atoms with E-state index in [-0.39, 0.29) is 17.9 Å². The molecule has 23 heavy (non-hydrogen) atoms. The fourth-order valence-electron chi connectivity index (χ4n) is 2.86. The van der Waals surface area contributed by atoms with Gasteiger partial charge in [-0.3, -0.25) is 14.5 Å². The smallest absolute Gasteiger partial charge is 0.241 e. The van der Waals surface area contributed by atoms with Crippen LogP contribution in [-0.4, -0.2) is 53.8 Å². The lowest BCUT2D eigenvalue weighted by Gasteiger charge is -2.37. The molecule has 5 nitrogen and oxygen atoms in total. The zero-order chi connectivity index (χ0) is 16.4. The average molecular weight is 336 g/mol. The van der Waals surface area contributed by atoms with Crippen molar-refractivity contribution in [1.29, 1.82) is 0 Å². The first-order valence-corrected chi connectivity index (χ1v) is 8.51. The summed E-state index contributed by atoms with van der Waals surface area (Å²) in [6.45, 7) is 4.83. The Morgan fingerprint density at radius 3 is 2.30 bits per heavy atom. The van der Waals surface area contributed by atoms with Crippen molar-refractivity contribution < 1.29 is 9.59 Å². The number of hydrogen-bond donors (Lipinski definition) is 1. The lowest BCUT2D eigenvalue weighted by molar-refractivity contribution is -0.135. The minimum atomic E-state index is -0.219. The number of carbonyl (C=O) groups excluding carboxylic acids is 2. The normalized spacial score (nSPS) is 20.2. The minimum absolute atomic E-state index is 0.0331. The summed E-state index contributed by atoms with van der Waals surface area (Å²) >= 11 is 5.85. The maximum absolute atomic E-state index is 12.4. The Balaban J connectivity index is 1.50. The Morgan fingerprint density at radius 2 is 1.74 bits per heavy atom. The van der Waals surface area contributed by atoms with Crippen molar-refractivity contribution in [3.05, 3.63) is 29.3 Å². The summed E-state index contributed by atoms with van der Waals surface area (Å²) in [5, 5.41) is 3.55. The highest BCUT2D eigenvalue weighted by atomic mass is 35.5. The van der Waals surface area contributed by atoms with Gasteiger partial charge in [-0.25, -0.2) is 0 Å². The Labute approximate surface area is 141 Å². The van der Waals surface area contributed by atoms with Crippen LogP contribution >= 0.6 is 11.6 Å². The topological polar surface area (TPSA) is 52.7 Å². The quantitative estimate of drug-likeness (QED) is 0.918. The Hall–Kier alpha value is -1.59. The van der Waals surface area contributed by atoms with Crippen LogP contribution < -0.4 is 5.32 Å². The lowest BCUT2D eigenvalue weighted by Crippen LogP contribution is -2.54. The Bertz CT molecular complexity index is 578. The molecule has 2 fully saturated rings. The van der Waals surface area contributed by atoms with Crippen molar-refractivity contribution in [2.24, 2.45) is 5.92 Å². The fraction of sp³-hybridized carbons (Fsp3) is 0.529. The molecule has 6 heteroatoms. The molecular formula is C17H22ClN3O2. The van der Waals surface area contributed by atoms with E-state index in [2.05, 4.69) is 10.2 Å². The van der Waals surface area contributed by atoms with Crippen LogP contribution in [0, 0.1) is 5.92 Å². The molecule has 1 aliphatic heterocycles. The molecule has 3 rings (SSSR count). The van der Waals surface area contributed by atoms with E-state index in [0.29, 0.717) is 24.0 Å². The van der Waals surface area contributed by atoms with Crippen LogP contribution in [0.2, 0.25) is 5.02 Å². The standard InChI is InChI=1S/C17H22ClN3O2/c1-12(16(22)19-15-6-4-14(18)5-7-15)20-8-10-21(11-9-20)17(23)13-2-3-13/h4-7,12-13H,2-3,8-11H2,1H3,(H,19,22). The summed E-state index contributed by atoms with van der Waals surface area (Å²) < 4.78 is 0. The van der Waals surface area contributed by atoms with E-state index < -0.39 is 0 Å². The Morgan fingerprint density at radius 1 is 1.13 bits per heavy atom. The van der Waals surface area contributed by atoms with Crippen LogP contribution in [0.15, 0.2) is 24.3 Å². The van der Waals surface area contributed by atoms with Crippen molar-refractivity contribution >= 4 is 29.1 Å². The number of hydrogen-bond acceptors (Lipinski definition) is 3. The van der Waals surface area contributed by atoms with Gasteiger partial charge in [0, 0.05) is 42.8 Å². The fourth-order valence-corrected chi connectivity index (χ4v) is 2.99. The summed E-state index contributed by atoms with van der Waals surface area (Å²) in [6.07, 6.45) is 2.08. The molecule has 1 saturated carbocycles. The van der Waals surface area contributed by atoms with Crippen LogP contribution in [0.3, 0.4) is 0 Å². The van der Waals surface area contributed by atoms with Crippen LogP contribution in [0.4, 0.5) is 5.69 Å². The number of carbonyl (C=O) groups is 2. The molecule has 1 aromatic carbocycles. The molecule has 0 spiro atoms. The van der Waals surface area contributed by atoms with Crippen molar-refractivity contribution in [3.63, 3.8) is 0 Å². The molecule has 1 aromatic rings. The molecule has 1 atom stereocenters. The number of anilines is 1. The predicted octanol–water partition coefficient (Wildman–Crippen LogP) is 2.22. The van der Waals surface area contributed by atoms with Gasteiger partial charge in [0.25, 0.3) is 0 Å². The first kappa shape index (κ1) is 16.3. The molecule has 1 saturated heterocycles. The molecule has 124 valence electrons. The van der Waals surface area contributed by atoms with Crippen LogP contribution in [0.1, 0.15) is 19.8 Å². The molecule has 0 radical (unpaired) electrons. The van der Waals surface area contributed by atoms with Crippen molar-refractivity contribution in [2.45, 2.75) is 25.8 Å².